The van der Waals surface area contributed by atoms with Gasteiger partial charge in [0.05, 0.1) is 0 Å². The van der Waals surface area contributed by atoms with E-state index >= 15 is 0 Å². The first kappa shape index (κ1) is 14.7. The van der Waals surface area contributed by atoms with E-state index in [1.165, 1.54) is 6.07 Å². The Kier molecular flexibility index (Phi) is 5.14. The van der Waals surface area contributed by atoms with E-state index in [1.54, 1.807) is 6.07 Å². The zero-order valence-corrected chi connectivity index (χ0v) is 12.6. The molecule has 0 fully saturated rings. The summed E-state index contributed by atoms with van der Waals surface area (Å²) in [7, 11) is 0. The molecule has 0 radical (unpaired) electrons. The van der Waals surface area contributed by atoms with Gasteiger partial charge in [0.15, 0.2) is 0 Å². The van der Waals surface area contributed by atoms with Crippen LogP contribution in [-0.4, -0.2) is 6.54 Å². The van der Waals surface area contributed by atoms with Crippen LogP contribution < -0.4 is 5.32 Å². The molecule has 1 nitrogen and oxygen atoms in total. The largest absolute Gasteiger partial charge is 0.312 e. The van der Waals surface area contributed by atoms with Crippen molar-refractivity contribution in [1.29, 1.82) is 0 Å². The van der Waals surface area contributed by atoms with Crippen LogP contribution in [0.25, 0.3) is 0 Å². The fourth-order valence-electron chi connectivity index (χ4n) is 1.41. The second-order valence-corrected chi connectivity index (χ2v) is 6.55. The molecule has 0 aliphatic heterocycles. The summed E-state index contributed by atoms with van der Waals surface area (Å²) in [6.07, 6.45) is 0. The molecule has 17 heavy (non-hydrogen) atoms. The Labute approximate surface area is 112 Å². The van der Waals surface area contributed by atoms with Gasteiger partial charge in [0.2, 0.25) is 0 Å². The number of halogens is 2. The van der Waals surface area contributed by atoms with E-state index in [2.05, 4.69) is 48.9 Å². The Balaban J connectivity index is 2.49. The Morgan fingerprint density at radius 3 is 2.59 bits per heavy atom. The van der Waals surface area contributed by atoms with Gasteiger partial charge in [-0.05, 0) is 36.1 Å². The van der Waals surface area contributed by atoms with Gasteiger partial charge in [-0.1, -0.05) is 43.6 Å². The summed E-state index contributed by atoms with van der Waals surface area (Å²) in [5.41, 5.74) is 0.989. The maximum atomic E-state index is 13.5. The first-order chi connectivity index (χ1) is 7.80. The smallest absolute Gasteiger partial charge is 0.127 e. The van der Waals surface area contributed by atoms with E-state index in [-0.39, 0.29) is 11.2 Å². The summed E-state index contributed by atoms with van der Waals surface area (Å²) in [6.45, 7) is 10.3. The molecule has 1 aromatic carbocycles. The van der Waals surface area contributed by atoms with Gasteiger partial charge >= 0.3 is 0 Å². The van der Waals surface area contributed by atoms with Gasteiger partial charge < -0.3 is 5.32 Å². The second-order valence-electron chi connectivity index (χ2n) is 5.63. The fraction of sp³-hybridized carbons (Fsp3) is 0.571. The first-order valence-electron chi connectivity index (χ1n) is 5.95. The SMILES string of the molecule is CC(CNCc1cc(Br)ccc1F)C(C)(C)C. The molecule has 3 heteroatoms. The molecule has 0 bridgehead atoms. The number of hydrogen-bond acceptors (Lipinski definition) is 1. The molecule has 0 heterocycles. The van der Waals surface area contributed by atoms with Crippen LogP contribution in [-0.2, 0) is 6.54 Å². The van der Waals surface area contributed by atoms with Gasteiger partial charge in [0.1, 0.15) is 5.82 Å². The Morgan fingerprint density at radius 2 is 2.00 bits per heavy atom. The quantitative estimate of drug-likeness (QED) is 0.871. The van der Waals surface area contributed by atoms with Crippen LogP contribution >= 0.6 is 15.9 Å². The van der Waals surface area contributed by atoms with Crippen LogP contribution in [0.5, 0.6) is 0 Å². The lowest BCUT2D eigenvalue weighted by molar-refractivity contribution is 0.252. The minimum atomic E-state index is -0.149. The van der Waals surface area contributed by atoms with Gasteiger partial charge in [-0.2, -0.15) is 0 Å². The Morgan fingerprint density at radius 1 is 1.35 bits per heavy atom. The van der Waals surface area contributed by atoms with Crippen molar-refractivity contribution in [1.82, 2.24) is 5.32 Å². The molecule has 1 rings (SSSR count). The van der Waals surface area contributed by atoms with Crippen LogP contribution in [0.15, 0.2) is 22.7 Å². The van der Waals surface area contributed by atoms with Crippen LogP contribution in [0.2, 0.25) is 0 Å². The third kappa shape index (κ3) is 4.76. The third-order valence-electron chi connectivity index (χ3n) is 3.25. The molecule has 0 amide bonds. The standard InChI is InChI=1S/C14H21BrFN/c1-10(14(2,3)4)8-17-9-11-7-12(15)5-6-13(11)16/h5-7,10,17H,8-9H2,1-4H3. The summed E-state index contributed by atoms with van der Waals surface area (Å²) >= 11 is 3.35. The maximum absolute atomic E-state index is 13.5. The summed E-state index contributed by atoms with van der Waals surface area (Å²) in [5, 5.41) is 3.32. The van der Waals surface area contributed by atoms with E-state index < -0.39 is 0 Å². The van der Waals surface area contributed by atoms with Crippen molar-refractivity contribution in [3.05, 3.63) is 34.1 Å². The summed E-state index contributed by atoms with van der Waals surface area (Å²) in [6, 6.07) is 5.04. The lowest BCUT2D eigenvalue weighted by Crippen LogP contribution is -2.29. The van der Waals surface area contributed by atoms with Crippen LogP contribution in [0.1, 0.15) is 33.3 Å². The molecule has 0 saturated heterocycles. The molecule has 0 aliphatic carbocycles. The first-order valence-corrected chi connectivity index (χ1v) is 6.74. The van der Waals surface area contributed by atoms with Gasteiger partial charge in [0, 0.05) is 16.6 Å². The second kappa shape index (κ2) is 5.96. The summed E-state index contributed by atoms with van der Waals surface area (Å²) < 4.78 is 14.4. The number of nitrogens with one attached hydrogen (secondary N) is 1. The summed E-state index contributed by atoms with van der Waals surface area (Å²) in [5.74, 6) is 0.404. The zero-order chi connectivity index (χ0) is 13.1. The van der Waals surface area contributed by atoms with Crippen molar-refractivity contribution in [2.45, 2.75) is 34.2 Å². The highest BCUT2D eigenvalue weighted by molar-refractivity contribution is 9.10. The van der Waals surface area contributed by atoms with Crippen molar-refractivity contribution < 1.29 is 4.39 Å². The average molecular weight is 302 g/mol. The predicted molar refractivity (Wildman–Crippen MR) is 74.4 cm³/mol. The van der Waals surface area contributed by atoms with E-state index in [0.29, 0.717) is 18.0 Å². The third-order valence-corrected chi connectivity index (χ3v) is 3.75. The number of hydrogen-bond donors (Lipinski definition) is 1. The molecule has 1 atom stereocenters. The minimum Gasteiger partial charge on any atom is -0.312 e. The maximum Gasteiger partial charge on any atom is 0.127 e. The van der Waals surface area contributed by atoms with Crippen molar-refractivity contribution in [3.63, 3.8) is 0 Å². The molecule has 1 unspecified atom stereocenters. The molecule has 1 aromatic rings. The van der Waals surface area contributed by atoms with E-state index in [4.69, 9.17) is 0 Å². The Bertz CT molecular complexity index is 371. The molecule has 0 spiro atoms. The summed E-state index contributed by atoms with van der Waals surface area (Å²) in [4.78, 5) is 0. The lowest BCUT2D eigenvalue weighted by atomic mass is 9.82. The van der Waals surface area contributed by atoms with Crippen LogP contribution in [0, 0.1) is 17.2 Å². The topological polar surface area (TPSA) is 12.0 Å². The molecular weight excluding hydrogens is 281 g/mol. The Hall–Kier alpha value is -0.410. The lowest BCUT2D eigenvalue weighted by Gasteiger charge is -2.27. The molecule has 0 aromatic heterocycles. The van der Waals surface area contributed by atoms with Gasteiger partial charge in [0.25, 0.3) is 0 Å². The van der Waals surface area contributed by atoms with E-state index in [0.717, 1.165) is 11.0 Å². The fourth-order valence-corrected chi connectivity index (χ4v) is 1.82. The van der Waals surface area contributed by atoms with Gasteiger partial charge in [-0.15, -0.1) is 0 Å². The normalized spacial score (nSPS) is 13.8. The molecule has 0 aliphatic rings. The highest BCUT2D eigenvalue weighted by Gasteiger charge is 2.19. The van der Waals surface area contributed by atoms with Crippen LogP contribution in [0.3, 0.4) is 0 Å². The monoisotopic (exact) mass is 301 g/mol. The minimum absolute atomic E-state index is 0.149. The highest BCUT2D eigenvalue weighted by atomic mass is 79.9. The van der Waals surface area contributed by atoms with Crippen molar-refractivity contribution in [2.24, 2.45) is 11.3 Å². The predicted octanol–water partition coefficient (Wildman–Crippen LogP) is 4.36. The van der Waals surface area contributed by atoms with Crippen molar-refractivity contribution >= 4 is 15.9 Å². The van der Waals surface area contributed by atoms with Crippen molar-refractivity contribution in [2.75, 3.05) is 6.54 Å². The highest BCUT2D eigenvalue weighted by Crippen LogP contribution is 2.24. The number of rotatable bonds is 4. The van der Waals surface area contributed by atoms with Gasteiger partial charge in [-0.25, -0.2) is 4.39 Å². The molecular formula is C14H21BrFN. The molecule has 0 saturated carbocycles. The van der Waals surface area contributed by atoms with E-state index in [9.17, 15) is 4.39 Å². The average Bonchev–Trinajstić information content (AvgIpc) is 2.21. The van der Waals surface area contributed by atoms with Crippen molar-refractivity contribution in [3.8, 4) is 0 Å². The molecule has 1 N–H and O–H groups in total. The van der Waals surface area contributed by atoms with E-state index in [1.807, 2.05) is 6.07 Å². The number of benzene rings is 1. The van der Waals surface area contributed by atoms with Crippen LogP contribution in [0.4, 0.5) is 4.39 Å². The van der Waals surface area contributed by atoms with Gasteiger partial charge in [-0.3, -0.25) is 0 Å². The molecule has 96 valence electrons. The zero-order valence-electron chi connectivity index (χ0n) is 11.0.